The fraction of sp³-hybridized carbons (Fsp3) is 0.500. The van der Waals surface area contributed by atoms with Gasteiger partial charge in [-0.2, -0.15) is 8.78 Å². The molecule has 0 spiro atoms. The zero-order chi connectivity index (χ0) is 15.8. The van der Waals surface area contributed by atoms with Crippen molar-refractivity contribution in [2.45, 2.75) is 27.0 Å². The second-order valence-electron chi connectivity index (χ2n) is 4.45. The monoisotopic (exact) mass is 338 g/mol. The third-order valence-corrected chi connectivity index (χ3v) is 2.79. The van der Waals surface area contributed by atoms with Crippen LogP contribution in [0.15, 0.2) is 18.2 Å². The summed E-state index contributed by atoms with van der Waals surface area (Å²) < 4.78 is 34.2. The van der Waals surface area contributed by atoms with E-state index in [1.165, 1.54) is 6.07 Å². The van der Waals surface area contributed by atoms with Crippen molar-refractivity contribution in [2.75, 3.05) is 13.2 Å². The highest BCUT2D eigenvalue weighted by molar-refractivity contribution is 5.85. The van der Waals surface area contributed by atoms with Crippen LogP contribution in [0.1, 0.15) is 19.4 Å². The molecule has 0 fully saturated rings. The number of halogens is 3. The molecule has 5 nitrogen and oxygen atoms in total. The largest absolute Gasteiger partial charge is 0.490 e. The highest BCUT2D eigenvalue weighted by Crippen LogP contribution is 2.29. The van der Waals surface area contributed by atoms with E-state index in [2.05, 4.69) is 10.1 Å². The Kier molecular flexibility index (Phi) is 9.44. The highest BCUT2D eigenvalue weighted by Gasteiger charge is 2.13. The predicted octanol–water partition coefficient (Wildman–Crippen LogP) is 2.32. The smallest absolute Gasteiger partial charge is 0.387 e. The average molecular weight is 339 g/mol. The van der Waals surface area contributed by atoms with Gasteiger partial charge >= 0.3 is 6.61 Å². The zero-order valence-electron chi connectivity index (χ0n) is 12.5. The second kappa shape index (κ2) is 10.2. The summed E-state index contributed by atoms with van der Waals surface area (Å²) in [5, 5.41) is 2.72. The standard InChI is InChI=1S/C14H20F2N2O3.ClH/c1-3-20-12-6-10(4-5-11(12)21-14(15)16)8-18-13(19)9(2)7-17;/h4-6,9,14H,3,7-8,17H2,1-2H3,(H,18,19);1H. The van der Waals surface area contributed by atoms with E-state index in [1.54, 1.807) is 26.0 Å². The van der Waals surface area contributed by atoms with Crippen LogP contribution in [0.4, 0.5) is 8.78 Å². The second-order valence-corrected chi connectivity index (χ2v) is 4.45. The molecule has 0 aromatic heterocycles. The van der Waals surface area contributed by atoms with Crippen LogP contribution >= 0.6 is 12.4 Å². The van der Waals surface area contributed by atoms with E-state index >= 15 is 0 Å². The summed E-state index contributed by atoms with van der Waals surface area (Å²) in [7, 11) is 0. The molecule has 1 unspecified atom stereocenters. The number of hydrogen-bond donors (Lipinski definition) is 2. The molecule has 22 heavy (non-hydrogen) atoms. The lowest BCUT2D eigenvalue weighted by Gasteiger charge is -2.14. The Labute approximate surface area is 134 Å². The number of nitrogens with one attached hydrogen (secondary N) is 1. The Morgan fingerprint density at radius 3 is 2.59 bits per heavy atom. The topological polar surface area (TPSA) is 73.6 Å². The molecule has 0 aliphatic rings. The normalized spacial score (nSPS) is 11.5. The maximum atomic E-state index is 12.3. The number of nitrogens with two attached hydrogens (primary N) is 1. The van der Waals surface area contributed by atoms with Gasteiger partial charge in [-0.3, -0.25) is 4.79 Å². The number of ether oxygens (including phenoxy) is 2. The molecule has 1 rings (SSSR count). The van der Waals surface area contributed by atoms with E-state index in [-0.39, 0.29) is 48.8 Å². The van der Waals surface area contributed by atoms with Gasteiger partial charge in [0.2, 0.25) is 5.91 Å². The molecule has 126 valence electrons. The number of alkyl halides is 2. The van der Waals surface area contributed by atoms with Gasteiger partial charge in [-0.15, -0.1) is 12.4 Å². The van der Waals surface area contributed by atoms with Gasteiger partial charge in [-0.25, -0.2) is 0 Å². The Bertz CT molecular complexity index is 475. The van der Waals surface area contributed by atoms with Crippen LogP contribution in [-0.2, 0) is 11.3 Å². The van der Waals surface area contributed by atoms with Crippen molar-refractivity contribution in [1.29, 1.82) is 0 Å². The quantitative estimate of drug-likeness (QED) is 0.763. The molecule has 0 saturated carbocycles. The zero-order valence-corrected chi connectivity index (χ0v) is 13.3. The van der Waals surface area contributed by atoms with Crippen molar-refractivity contribution in [3.8, 4) is 11.5 Å². The van der Waals surface area contributed by atoms with Crippen LogP contribution < -0.4 is 20.5 Å². The van der Waals surface area contributed by atoms with E-state index in [9.17, 15) is 13.6 Å². The maximum Gasteiger partial charge on any atom is 0.387 e. The van der Waals surface area contributed by atoms with Gasteiger partial charge in [0.1, 0.15) is 0 Å². The van der Waals surface area contributed by atoms with Gasteiger partial charge in [0.25, 0.3) is 0 Å². The Morgan fingerprint density at radius 2 is 2.05 bits per heavy atom. The fourth-order valence-corrected chi connectivity index (χ4v) is 1.59. The minimum atomic E-state index is -2.92. The molecule has 0 radical (unpaired) electrons. The van der Waals surface area contributed by atoms with Crippen molar-refractivity contribution in [3.63, 3.8) is 0 Å². The first-order valence-electron chi connectivity index (χ1n) is 6.66. The molecule has 0 saturated heterocycles. The van der Waals surface area contributed by atoms with Gasteiger partial charge in [0.15, 0.2) is 11.5 Å². The van der Waals surface area contributed by atoms with Gasteiger partial charge in [0, 0.05) is 19.0 Å². The van der Waals surface area contributed by atoms with E-state index in [4.69, 9.17) is 10.5 Å². The SMILES string of the molecule is CCOc1cc(CNC(=O)C(C)CN)ccc1OC(F)F.Cl. The Morgan fingerprint density at radius 1 is 1.36 bits per heavy atom. The summed E-state index contributed by atoms with van der Waals surface area (Å²) in [6.07, 6.45) is 0. The lowest BCUT2D eigenvalue weighted by atomic mass is 10.1. The van der Waals surface area contributed by atoms with Crippen molar-refractivity contribution in [3.05, 3.63) is 23.8 Å². The summed E-state index contributed by atoms with van der Waals surface area (Å²) in [6, 6.07) is 4.55. The minimum absolute atomic E-state index is 0. The molecule has 1 amide bonds. The Balaban J connectivity index is 0.00000441. The van der Waals surface area contributed by atoms with Gasteiger partial charge in [-0.05, 0) is 24.6 Å². The van der Waals surface area contributed by atoms with Crippen molar-refractivity contribution in [1.82, 2.24) is 5.32 Å². The van der Waals surface area contributed by atoms with Crippen LogP contribution in [0.25, 0.3) is 0 Å². The third kappa shape index (κ3) is 6.44. The van der Waals surface area contributed by atoms with Gasteiger partial charge in [0.05, 0.1) is 6.61 Å². The predicted molar refractivity (Wildman–Crippen MR) is 81.6 cm³/mol. The van der Waals surface area contributed by atoms with Crippen LogP contribution in [0, 0.1) is 5.92 Å². The van der Waals surface area contributed by atoms with Gasteiger partial charge in [-0.1, -0.05) is 13.0 Å². The van der Waals surface area contributed by atoms with Crippen LogP contribution in [0.3, 0.4) is 0 Å². The first kappa shape index (κ1) is 20.4. The molecule has 0 aliphatic heterocycles. The molecule has 0 aliphatic carbocycles. The van der Waals surface area contributed by atoms with Crippen molar-refractivity contribution in [2.24, 2.45) is 11.7 Å². The maximum absolute atomic E-state index is 12.3. The number of carbonyl (C=O) groups is 1. The molecule has 3 N–H and O–H groups in total. The van der Waals surface area contributed by atoms with E-state index < -0.39 is 6.61 Å². The summed E-state index contributed by atoms with van der Waals surface area (Å²) >= 11 is 0. The van der Waals surface area contributed by atoms with Gasteiger partial charge < -0.3 is 20.5 Å². The van der Waals surface area contributed by atoms with E-state index in [1.807, 2.05) is 0 Å². The number of amides is 1. The van der Waals surface area contributed by atoms with Crippen LogP contribution in [0.5, 0.6) is 11.5 Å². The molecule has 0 bridgehead atoms. The lowest BCUT2D eigenvalue weighted by Crippen LogP contribution is -2.32. The van der Waals surface area contributed by atoms with E-state index in [0.29, 0.717) is 6.61 Å². The number of rotatable bonds is 8. The fourth-order valence-electron chi connectivity index (χ4n) is 1.59. The number of benzene rings is 1. The van der Waals surface area contributed by atoms with Crippen molar-refractivity contribution >= 4 is 18.3 Å². The summed E-state index contributed by atoms with van der Waals surface area (Å²) in [4.78, 5) is 11.6. The first-order valence-corrected chi connectivity index (χ1v) is 6.66. The highest BCUT2D eigenvalue weighted by atomic mass is 35.5. The first-order chi connectivity index (χ1) is 9.97. The van der Waals surface area contributed by atoms with Crippen molar-refractivity contribution < 1.29 is 23.0 Å². The van der Waals surface area contributed by atoms with Crippen LogP contribution in [0.2, 0.25) is 0 Å². The van der Waals surface area contributed by atoms with Crippen LogP contribution in [-0.4, -0.2) is 25.7 Å². The average Bonchev–Trinajstić information content (AvgIpc) is 2.46. The molecule has 1 aromatic carbocycles. The molecule has 1 aromatic rings. The summed E-state index contributed by atoms with van der Waals surface area (Å²) in [5.74, 6) is -0.255. The molecule has 0 heterocycles. The third-order valence-electron chi connectivity index (χ3n) is 2.79. The molecule has 1 atom stereocenters. The molecular weight excluding hydrogens is 318 g/mol. The summed E-state index contributed by atoms with van der Waals surface area (Å²) in [6.45, 7) is 1.39. The number of carbonyl (C=O) groups excluding carboxylic acids is 1. The minimum Gasteiger partial charge on any atom is -0.490 e. The van der Waals surface area contributed by atoms with E-state index in [0.717, 1.165) is 5.56 Å². The summed E-state index contributed by atoms with van der Waals surface area (Å²) in [5.41, 5.74) is 6.12. The molecular formula is C14H21ClF2N2O3. The molecule has 8 heteroatoms. The number of hydrogen-bond acceptors (Lipinski definition) is 4. The Hall–Kier alpha value is -1.60. The lowest BCUT2D eigenvalue weighted by molar-refractivity contribution is -0.124.